The second-order valence-electron chi connectivity index (χ2n) is 9.59. The molecule has 0 unspecified atom stereocenters. The Labute approximate surface area is 213 Å². The molecule has 0 aromatic carbocycles. The monoisotopic (exact) mass is 507 g/mol. The molecule has 4 heterocycles. The Kier molecular flexibility index (Phi) is 6.75. The summed E-state index contributed by atoms with van der Waals surface area (Å²) in [7, 11) is 1.63. The zero-order valence-electron chi connectivity index (χ0n) is 20.8. The van der Waals surface area contributed by atoms with Crippen LogP contribution >= 0.6 is 0 Å². The molecule has 1 aliphatic carbocycles. The number of piperidine rings is 1. The summed E-state index contributed by atoms with van der Waals surface area (Å²) < 4.78 is 11.3. The first-order chi connectivity index (χ1) is 17.9. The van der Waals surface area contributed by atoms with Gasteiger partial charge in [-0.15, -0.1) is 0 Å². The first-order valence-electron chi connectivity index (χ1n) is 12.3. The number of hydrogen-bond donors (Lipinski definition) is 3. The summed E-state index contributed by atoms with van der Waals surface area (Å²) in [4.78, 5) is 32.1. The molecule has 3 N–H and O–H groups in total. The SMILES string of the molecule is COc1ccnc2n[nH]c(C3CCN(c4nc(OCC5(C#N)CC5)nc(C(=O)N[C@H](C)CO)n4)CC3)c12. The van der Waals surface area contributed by atoms with Crippen LogP contribution in [0.5, 0.6) is 11.8 Å². The average molecular weight is 508 g/mol. The van der Waals surface area contributed by atoms with Crippen LogP contribution in [-0.4, -0.2) is 80.6 Å². The number of fused-ring (bicyclic) bond motifs is 1. The number of nitriles is 1. The van der Waals surface area contributed by atoms with Gasteiger partial charge < -0.3 is 24.8 Å². The van der Waals surface area contributed by atoms with Crippen LogP contribution in [0.15, 0.2) is 12.3 Å². The van der Waals surface area contributed by atoms with Crippen LogP contribution < -0.4 is 19.7 Å². The fraction of sp³-hybridized carbons (Fsp3) is 0.542. The van der Waals surface area contributed by atoms with Crippen molar-refractivity contribution >= 4 is 22.9 Å². The van der Waals surface area contributed by atoms with Gasteiger partial charge >= 0.3 is 6.01 Å². The third-order valence-corrected chi connectivity index (χ3v) is 6.88. The van der Waals surface area contributed by atoms with E-state index in [9.17, 15) is 15.2 Å². The fourth-order valence-corrected chi connectivity index (χ4v) is 4.40. The van der Waals surface area contributed by atoms with E-state index in [1.54, 1.807) is 20.2 Å². The van der Waals surface area contributed by atoms with Gasteiger partial charge in [0.15, 0.2) is 5.65 Å². The van der Waals surface area contributed by atoms with Crippen molar-refractivity contribution in [2.45, 2.75) is 44.6 Å². The Balaban J connectivity index is 1.35. The third-order valence-electron chi connectivity index (χ3n) is 6.88. The molecule has 2 fully saturated rings. The normalized spacial score (nSPS) is 17.7. The summed E-state index contributed by atoms with van der Waals surface area (Å²) in [5.41, 5.74) is 1.10. The lowest BCUT2D eigenvalue weighted by Gasteiger charge is -2.31. The molecule has 3 aromatic rings. The molecule has 1 atom stereocenters. The molecule has 1 saturated heterocycles. The number of nitrogens with zero attached hydrogens (tertiary/aromatic N) is 7. The summed E-state index contributed by atoms with van der Waals surface area (Å²) in [6, 6.07) is 3.64. The number of amides is 1. The van der Waals surface area contributed by atoms with Gasteiger partial charge in [0.05, 0.1) is 36.3 Å². The van der Waals surface area contributed by atoms with Gasteiger partial charge in [0.1, 0.15) is 12.4 Å². The third kappa shape index (κ3) is 5.10. The van der Waals surface area contributed by atoms with Gasteiger partial charge in [0.2, 0.25) is 11.8 Å². The standard InChI is InChI=1S/C24H29N9O4/c1-14(11-34)27-21(35)20-28-22(30-23(29-20)37-13-24(12-25)6-7-24)33-9-4-15(5-10-33)18-17-16(36-2)3-8-26-19(17)32-31-18/h3,8,14-15,34H,4-7,9-11,13H2,1-2H3,(H,27,35)(H,26,31,32)/t14-/m1/s1. The van der Waals surface area contributed by atoms with Gasteiger partial charge in [-0.05, 0) is 38.7 Å². The fourth-order valence-electron chi connectivity index (χ4n) is 4.40. The summed E-state index contributed by atoms with van der Waals surface area (Å²) in [5.74, 6) is 0.639. The molecule has 3 aromatic heterocycles. The zero-order valence-corrected chi connectivity index (χ0v) is 20.8. The van der Waals surface area contributed by atoms with Crippen molar-refractivity contribution in [2.75, 3.05) is 38.3 Å². The Morgan fingerprint density at radius 1 is 1.35 bits per heavy atom. The topological polar surface area (TPSA) is 175 Å². The maximum Gasteiger partial charge on any atom is 0.322 e. The van der Waals surface area contributed by atoms with Gasteiger partial charge in [0, 0.05) is 31.2 Å². The van der Waals surface area contributed by atoms with E-state index in [4.69, 9.17) is 9.47 Å². The van der Waals surface area contributed by atoms with E-state index in [1.807, 2.05) is 11.0 Å². The van der Waals surface area contributed by atoms with Crippen LogP contribution in [-0.2, 0) is 0 Å². The van der Waals surface area contributed by atoms with Crippen LogP contribution in [0.1, 0.15) is 54.8 Å². The lowest BCUT2D eigenvalue weighted by atomic mass is 9.92. The Morgan fingerprint density at radius 2 is 2.14 bits per heavy atom. The van der Waals surface area contributed by atoms with E-state index < -0.39 is 17.4 Å². The predicted octanol–water partition coefficient (Wildman–Crippen LogP) is 1.33. The molecule has 0 bridgehead atoms. The maximum absolute atomic E-state index is 12.7. The Morgan fingerprint density at radius 3 is 2.81 bits per heavy atom. The number of rotatable bonds is 9. The molecule has 1 aliphatic heterocycles. The van der Waals surface area contributed by atoms with E-state index in [2.05, 4.69) is 41.5 Å². The molecule has 1 amide bonds. The molecule has 0 spiro atoms. The Bertz CT molecular complexity index is 1330. The predicted molar refractivity (Wildman–Crippen MR) is 131 cm³/mol. The van der Waals surface area contributed by atoms with E-state index >= 15 is 0 Å². The van der Waals surface area contributed by atoms with Gasteiger partial charge in [0.25, 0.3) is 5.91 Å². The number of aliphatic hydroxyl groups is 1. The van der Waals surface area contributed by atoms with E-state index in [0.29, 0.717) is 24.7 Å². The number of methoxy groups -OCH3 is 1. The van der Waals surface area contributed by atoms with Crippen molar-refractivity contribution < 1.29 is 19.4 Å². The second-order valence-corrected chi connectivity index (χ2v) is 9.59. The Hall–Kier alpha value is -4.05. The number of anilines is 1. The molecule has 13 nitrogen and oxygen atoms in total. The van der Waals surface area contributed by atoms with Crippen LogP contribution in [0, 0.1) is 16.7 Å². The lowest BCUT2D eigenvalue weighted by molar-refractivity contribution is 0.0909. The molecule has 194 valence electrons. The second kappa shape index (κ2) is 10.1. The highest BCUT2D eigenvalue weighted by atomic mass is 16.5. The molecule has 5 rings (SSSR count). The minimum atomic E-state index is -0.533. The number of aliphatic hydroxyl groups excluding tert-OH is 1. The first kappa shape index (κ1) is 24.6. The minimum absolute atomic E-state index is 0.00539. The largest absolute Gasteiger partial charge is 0.496 e. The number of hydrogen-bond acceptors (Lipinski definition) is 11. The zero-order chi connectivity index (χ0) is 26.0. The van der Waals surface area contributed by atoms with Crippen molar-refractivity contribution in [2.24, 2.45) is 5.41 Å². The smallest absolute Gasteiger partial charge is 0.322 e. The highest BCUT2D eigenvalue weighted by molar-refractivity contribution is 5.91. The molecule has 2 aliphatic rings. The van der Waals surface area contributed by atoms with Crippen LogP contribution in [0.3, 0.4) is 0 Å². The minimum Gasteiger partial charge on any atom is -0.496 e. The number of aromatic nitrogens is 6. The van der Waals surface area contributed by atoms with Crippen molar-refractivity contribution in [3.63, 3.8) is 0 Å². The lowest BCUT2D eigenvalue weighted by Crippen LogP contribution is -2.38. The number of ether oxygens (including phenoxy) is 2. The highest BCUT2D eigenvalue weighted by Gasteiger charge is 2.44. The van der Waals surface area contributed by atoms with Crippen molar-refractivity contribution in [1.29, 1.82) is 5.26 Å². The molecule has 13 heteroatoms. The van der Waals surface area contributed by atoms with Crippen molar-refractivity contribution in [1.82, 2.24) is 35.5 Å². The maximum atomic E-state index is 12.7. The summed E-state index contributed by atoms with van der Waals surface area (Å²) in [6.07, 6.45) is 4.78. The van der Waals surface area contributed by atoms with Gasteiger partial charge in [-0.3, -0.25) is 9.89 Å². The number of aromatic amines is 1. The molecule has 1 saturated carbocycles. The van der Waals surface area contributed by atoms with E-state index in [1.165, 1.54) is 0 Å². The van der Waals surface area contributed by atoms with Crippen LogP contribution in [0.4, 0.5) is 5.95 Å². The van der Waals surface area contributed by atoms with Gasteiger partial charge in [-0.25, -0.2) is 4.98 Å². The highest BCUT2D eigenvalue weighted by Crippen LogP contribution is 2.45. The van der Waals surface area contributed by atoms with Crippen LogP contribution in [0.2, 0.25) is 0 Å². The van der Waals surface area contributed by atoms with Crippen LogP contribution in [0.25, 0.3) is 11.0 Å². The van der Waals surface area contributed by atoms with Gasteiger partial charge in [-0.1, -0.05) is 0 Å². The summed E-state index contributed by atoms with van der Waals surface area (Å²) in [6.45, 7) is 2.89. The molecular formula is C24H29N9O4. The van der Waals surface area contributed by atoms with Crippen molar-refractivity contribution in [3.05, 3.63) is 23.8 Å². The van der Waals surface area contributed by atoms with E-state index in [0.717, 1.165) is 42.5 Å². The quantitative estimate of drug-likeness (QED) is 0.381. The van der Waals surface area contributed by atoms with E-state index in [-0.39, 0.29) is 31.0 Å². The summed E-state index contributed by atoms with van der Waals surface area (Å²) >= 11 is 0. The number of pyridine rings is 1. The molecular weight excluding hydrogens is 478 g/mol. The average Bonchev–Trinajstić information content (AvgIpc) is 3.60. The number of nitrogens with one attached hydrogen (secondary N) is 2. The molecule has 37 heavy (non-hydrogen) atoms. The number of carbonyl (C=O) groups is 1. The number of H-pyrrole nitrogens is 1. The molecule has 0 radical (unpaired) electrons. The summed E-state index contributed by atoms with van der Waals surface area (Å²) in [5, 5.41) is 29.7. The van der Waals surface area contributed by atoms with Gasteiger partial charge in [-0.2, -0.15) is 25.3 Å². The number of carbonyl (C=O) groups excluding carboxylic acids is 1. The van der Waals surface area contributed by atoms with Crippen molar-refractivity contribution in [3.8, 4) is 17.8 Å². The first-order valence-corrected chi connectivity index (χ1v) is 12.3.